The fourth-order valence-electron chi connectivity index (χ4n) is 1.31. The van der Waals surface area contributed by atoms with Crippen molar-refractivity contribution in [2.45, 2.75) is 0 Å². The molecule has 14 heavy (non-hydrogen) atoms. The zero-order valence-corrected chi connectivity index (χ0v) is 10.7. The Balaban J connectivity index is 0.00000169. The first kappa shape index (κ1) is 13.7. The lowest BCUT2D eigenvalue weighted by Gasteiger charge is -2.32. The van der Waals surface area contributed by atoms with Crippen LogP contribution in [-0.2, 0) is 13.3 Å². The molecule has 1 heterocycles. The smallest absolute Gasteiger partial charge is 0.362 e. The zero-order valence-electron chi connectivity index (χ0n) is 8.89. The second-order valence-electron chi connectivity index (χ2n) is 2.80. The Morgan fingerprint density at radius 2 is 1.57 bits per heavy atom. The van der Waals surface area contributed by atoms with E-state index in [-0.39, 0.29) is 12.4 Å². The van der Waals surface area contributed by atoms with Crippen LogP contribution in [0.15, 0.2) is 12.4 Å². The maximum absolute atomic E-state index is 5.31. The average molecular weight is 241 g/mol. The molecule has 0 aromatic rings. The van der Waals surface area contributed by atoms with Crippen molar-refractivity contribution in [2.24, 2.45) is 0 Å². The van der Waals surface area contributed by atoms with Gasteiger partial charge in [0.05, 0.1) is 6.67 Å². The van der Waals surface area contributed by atoms with E-state index < -0.39 is 8.97 Å². The standard InChI is InChI=1S/C7H16N2O3Si.ClH/c1-8-5-6-9(7-8)13(10-2,11-3)12-4;/h5-6H,7H2,1-4H3;1H. The van der Waals surface area contributed by atoms with Gasteiger partial charge in [0.25, 0.3) is 0 Å². The molecule has 0 radical (unpaired) electrons. The van der Waals surface area contributed by atoms with E-state index in [1.165, 1.54) is 0 Å². The van der Waals surface area contributed by atoms with Crippen molar-refractivity contribution >= 4 is 21.4 Å². The lowest BCUT2D eigenvalue weighted by atomic mass is 10.9. The summed E-state index contributed by atoms with van der Waals surface area (Å²) >= 11 is 0. The van der Waals surface area contributed by atoms with Crippen LogP contribution in [0.5, 0.6) is 0 Å². The highest BCUT2D eigenvalue weighted by molar-refractivity contribution is 6.57. The van der Waals surface area contributed by atoms with Crippen molar-refractivity contribution in [1.82, 2.24) is 9.47 Å². The summed E-state index contributed by atoms with van der Waals surface area (Å²) in [5.74, 6) is 0. The molecule has 0 saturated carbocycles. The van der Waals surface area contributed by atoms with Gasteiger partial charge in [-0.3, -0.25) is 0 Å². The van der Waals surface area contributed by atoms with Gasteiger partial charge in [-0.2, -0.15) is 0 Å². The molecule has 0 aromatic carbocycles. The van der Waals surface area contributed by atoms with Crippen LogP contribution in [0.25, 0.3) is 0 Å². The first-order valence-corrected chi connectivity index (χ1v) is 5.66. The third kappa shape index (κ3) is 2.40. The normalized spacial score (nSPS) is 16.0. The lowest BCUT2D eigenvalue weighted by molar-refractivity contribution is 0.0686. The first-order chi connectivity index (χ1) is 6.18. The molecule has 0 atom stereocenters. The van der Waals surface area contributed by atoms with Crippen LogP contribution >= 0.6 is 12.4 Å². The van der Waals surface area contributed by atoms with Crippen LogP contribution in [0.1, 0.15) is 0 Å². The molecular formula is C7H17ClN2O3Si. The Hall–Kier alpha value is -0.273. The number of halogens is 1. The minimum absolute atomic E-state index is 0. The molecule has 84 valence electrons. The Kier molecular flexibility index (Phi) is 5.46. The largest absolute Gasteiger partial charge is 0.633 e. The van der Waals surface area contributed by atoms with Gasteiger partial charge in [0.15, 0.2) is 0 Å². The van der Waals surface area contributed by atoms with Gasteiger partial charge in [0.2, 0.25) is 0 Å². The zero-order chi connectivity index (χ0) is 9.90. The highest BCUT2D eigenvalue weighted by Crippen LogP contribution is 2.17. The van der Waals surface area contributed by atoms with Crippen LogP contribution in [0.3, 0.4) is 0 Å². The van der Waals surface area contributed by atoms with Crippen LogP contribution < -0.4 is 0 Å². The Morgan fingerprint density at radius 3 is 1.86 bits per heavy atom. The molecule has 5 nitrogen and oxygen atoms in total. The van der Waals surface area contributed by atoms with Gasteiger partial charge >= 0.3 is 8.97 Å². The van der Waals surface area contributed by atoms with Crippen molar-refractivity contribution in [2.75, 3.05) is 35.0 Å². The topological polar surface area (TPSA) is 34.2 Å². The van der Waals surface area contributed by atoms with Crippen LogP contribution in [0.4, 0.5) is 0 Å². The van der Waals surface area contributed by atoms with Gasteiger partial charge in [-0.15, -0.1) is 12.4 Å². The number of nitrogens with zero attached hydrogens (tertiary/aromatic N) is 2. The van der Waals surface area contributed by atoms with Gasteiger partial charge in [-0.25, -0.2) is 0 Å². The van der Waals surface area contributed by atoms with Gasteiger partial charge in [-0.05, 0) is 0 Å². The summed E-state index contributed by atoms with van der Waals surface area (Å²) in [6.07, 6.45) is 3.88. The second-order valence-corrected chi connectivity index (χ2v) is 5.65. The van der Waals surface area contributed by atoms with Crippen molar-refractivity contribution < 1.29 is 13.3 Å². The molecule has 0 aliphatic carbocycles. The van der Waals surface area contributed by atoms with E-state index in [9.17, 15) is 0 Å². The molecule has 0 aromatic heterocycles. The average Bonchev–Trinajstić information content (AvgIpc) is 2.57. The number of rotatable bonds is 4. The summed E-state index contributed by atoms with van der Waals surface area (Å²) in [6, 6.07) is 0. The maximum atomic E-state index is 5.31. The van der Waals surface area contributed by atoms with E-state index in [1.807, 2.05) is 28.9 Å². The van der Waals surface area contributed by atoms with E-state index in [0.717, 1.165) is 6.67 Å². The Labute approximate surface area is 92.1 Å². The van der Waals surface area contributed by atoms with E-state index in [1.54, 1.807) is 21.3 Å². The number of hydrogen-bond donors (Lipinski definition) is 0. The monoisotopic (exact) mass is 240 g/mol. The van der Waals surface area contributed by atoms with Crippen molar-refractivity contribution in [3.63, 3.8) is 0 Å². The Bertz CT molecular complexity index is 193. The van der Waals surface area contributed by atoms with Crippen molar-refractivity contribution in [3.05, 3.63) is 12.4 Å². The molecule has 0 unspecified atom stereocenters. The van der Waals surface area contributed by atoms with E-state index in [2.05, 4.69) is 0 Å². The third-order valence-electron chi connectivity index (χ3n) is 2.00. The second kappa shape index (κ2) is 5.57. The van der Waals surface area contributed by atoms with E-state index >= 15 is 0 Å². The molecule has 1 rings (SSSR count). The fraction of sp³-hybridized carbons (Fsp3) is 0.714. The van der Waals surface area contributed by atoms with Gasteiger partial charge in [-0.1, -0.05) is 0 Å². The number of hydrogen-bond acceptors (Lipinski definition) is 5. The molecule has 0 amide bonds. The highest BCUT2D eigenvalue weighted by atomic mass is 35.5. The Morgan fingerprint density at radius 1 is 1.07 bits per heavy atom. The molecule has 1 aliphatic heterocycles. The lowest BCUT2D eigenvalue weighted by Crippen LogP contribution is -2.57. The quantitative estimate of drug-likeness (QED) is 0.667. The predicted octanol–water partition coefficient (Wildman–Crippen LogP) is 0.459. The van der Waals surface area contributed by atoms with Crippen molar-refractivity contribution in [3.8, 4) is 0 Å². The maximum Gasteiger partial charge on any atom is 0.633 e. The van der Waals surface area contributed by atoms with E-state index in [0.29, 0.717) is 0 Å². The summed E-state index contributed by atoms with van der Waals surface area (Å²) in [5, 5.41) is 0. The molecule has 7 heteroatoms. The predicted molar refractivity (Wildman–Crippen MR) is 57.6 cm³/mol. The fourth-order valence-corrected chi connectivity index (χ4v) is 3.16. The first-order valence-electron chi connectivity index (χ1n) is 3.99. The summed E-state index contributed by atoms with van der Waals surface area (Å²) in [6.45, 7) is 0.738. The molecule has 0 N–H and O–H groups in total. The molecular weight excluding hydrogens is 224 g/mol. The summed E-state index contributed by atoms with van der Waals surface area (Å²) < 4.78 is 17.9. The van der Waals surface area contributed by atoms with Crippen molar-refractivity contribution in [1.29, 1.82) is 0 Å². The summed E-state index contributed by atoms with van der Waals surface area (Å²) in [5.41, 5.74) is 0. The van der Waals surface area contributed by atoms with Gasteiger partial charge < -0.3 is 22.7 Å². The summed E-state index contributed by atoms with van der Waals surface area (Å²) in [7, 11) is 4.17. The highest BCUT2D eigenvalue weighted by Gasteiger charge is 2.47. The molecule has 0 spiro atoms. The van der Waals surface area contributed by atoms with Gasteiger partial charge in [0.1, 0.15) is 0 Å². The van der Waals surface area contributed by atoms with Gasteiger partial charge in [0, 0.05) is 40.8 Å². The molecule has 1 aliphatic rings. The molecule has 0 bridgehead atoms. The molecule has 0 fully saturated rings. The van der Waals surface area contributed by atoms with Crippen LogP contribution in [0, 0.1) is 0 Å². The van der Waals surface area contributed by atoms with Crippen LogP contribution in [0.2, 0.25) is 0 Å². The van der Waals surface area contributed by atoms with E-state index in [4.69, 9.17) is 13.3 Å². The summed E-state index contributed by atoms with van der Waals surface area (Å²) in [4.78, 5) is 2.03. The third-order valence-corrected chi connectivity index (χ3v) is 4.54. The molecule has 0 saturated heterocycles. The SMILES string of the molecule is CO[Si](OC)(OC)N1C=CN(C)C1.Cl. The van der Waals surface area contributed by atoms with Crippen LogP contribution in [-0.4, -0.2) is 53.5 Å². The minimum Gasteiger partial charge on any atom is -0.362 e. The minimum atomic E-state index is -2.62.